The van der Waals surface area contributed by atoms with Gasteiger partial charge in [0.15, 0.2) is 0 Å². The molecule has 4 atom stereocenters. The van der Waals surface area contributed by atoms with Crippen LogP contribution in [0.25, 0.3) is 0 Å². The number of piperidine rings is 1. The molecule has 2 aliphatic carbocycles. The highest BCUT2D eigenvalue weighted by molar-refractivity contribution is 5.74. The molecule has 0 aromatic heterocycles. The number of rotatable bonds is 7. The fraction of sp³-hybridized carbons (Fsp3) is 0.652. The number of methoxy groups -OCH3 is 1. The smallest absolute Gasteiger partial charge is 0.319 e. The van der Waals surface area contributed by atoms with Crippen molar-refractivity contribution in [3.63, 3.8) is 0 Å². The van der Waals surface area contributed by atoms with Crippen LogP contribution in [0.15, 0.2) is 30.3 Å². The fourth-order valence-electron chi connectivity index (χ4n) is 5.47. The van der Waals surface area contributed by atoms with Gasteiger partial charge in [-0.25, -0.2) is 0 Å². The van der Waals surface area contributed by atoms with Crippen LogP contribution in [0.3, 0.4) is 0 Å². The van der Waals surface area contributed by atoms with Gasteiger partial charge in [-0.05, 0) is 49.5 Å². The zero-order valence-electron chi connectivity index (χ0n) is 17.2. The Morgan fingerprint density at radius 1 is 1.07 bits per heavy atom. The van der Waals surface area contributed by atoms with E-state index in [2.05, 4.69) is 10.2 Å². The van der Waals surface area contributed by atoms with E-state index in [4.69, 9.17) is 9.47 Å². The Kier molecular flexibility index (Phi) is 6.50. The van der Waals surface area contributed by atoms with Gasteiger partial charge in [-0.3, -0.25) is 14.5 Å². The Bertz CT molecular complexity index is 702. The second kappa shape index (κ2) is 9.26. The molecule has 1 N–H and O–H groups in total. The quantitative estimate of drug-likeness (QED) is 0.709. The van der Waals surface area contributed by atoms with Crippen molar-refractivity contribution >= 4 is 11.9 Å². The highest BCUT2D eigenvalue weighted by atomic mass is 16.5. The molecule has 1 aromatic carbocycles. The third kappa shape index (κ3) is 4.81. The zero-order valence-corrected chi connectivity index (χ0v) is 17.2. The molecule has 4 rings (SSSR count). The SMILES string of the molecule is COC(=O)CN1CCC(N[C@H]2[C@H]3CC[C@@H](C3)[C@@H]2C(=O)OCc2ccccc2)CC1. The van der Waals surface area contributed by atoms with Crippen LogP contribution in [0.2, 0.25) is 0 Å². The number of nitrogens with one attached hydrogen (secondary N) is 1. The molecule has 1 heterocycles. The van der Waals surface area contributed by atoms with Crippen LogP contribution >= 0.6 is 0 Å². The zero-order chi connectivity index (χ0) is 20.2. The molecule has 0 amide bonds. The van der Waals surface area contributed by atoms with Gasteiger partial charge in [0.1, 0.15) is 6.61 Å². The first-order valence-corrected chi connectivity index (χ1v) is 10.9. The van der Waals surface area contributed by atoms with Crippen LogP contribution in [-0.2, 0) is 25.7 Å². The summed E-state index contributed by atoms with van der Waals surface area (Å²) in [6.07, 6.45) is 5.49. The van der Waals surface area contributed by atoms with E-state index in [1.807, 2.05) is 30.3 Å². The van der Waals surface area contributed by atoms with Crippen molar-refractivity contribution < 1.29 is 19.1 Å². The van der Waals surface area contributed by atoms with Gasteiger partial charge in [-0.2, -0.15) is 0 Å². The minimum Gasteiger partial charge on any atom is -0.468 e. The molecule has 0 unspecified atom stereocenters. The number of hydrogen-bond donors (Lipinski definition) is 1. The summed E-state index contributed by atoms with van der Waals surface area (Å²) in [6, 6.07) is 10.5. The van der Waals surface area contributed by atoms with Crippen LogP contribution in [0.4, 0.5) is 0 Å². The third-order valence-electron chi connectivity index (χ3n) is 7.01. The van der Waals surface area contributed by atoms with Gasteiger partial charge in [0, 0.05) is 25.2 Å². The van der Waals surface area contributed by atoms with Crippen molar-refractivity contribution in [1.82, 2.24) is 10.2 Å². The van der Waals surface area contributed by atoms with Crippen molar-refractivity contribution in [2.45, 2.75) is 50.8 Å². The summed E-state index contributed by atoms with van der Waals surface area (Å²) >= 11 is 0. The highest BCUT2D eigenvalue weighted by Crippen LogP contribution is 2.49. The van der Waals surface area contributed by atoms with Gasteiger partial charge in [0.25, 0.3) is 0 Å². The van der Waals surface area contributed by atoms with Gasteiger partial charge >= 0.3 is 11.9 Å². The summed E-state index contributed by atoms with van der Waals surface area (Å²) in [4.78, 5) is 26.6. The molecule has 3 aliphatic rings. The maximum absolute atomic E-state index is 12.9. The lowest BCUT2D eigenvalue weighted by molar-refractivity contribution is -0.153. The van der Waals surface area contributed by atoms with E-state index < -0.39 is 0 Å². The van der Waals surface area contributed by atoms with E-state index in [9.17, 15) is 9.59 Å². The highest BCUT2D eigenvalue weighted by Gasteiger charge is 2.52. The van der Waals surface area contributed by atoms with Crippen molar-refractivity contribution in [1.29, 1.82) is 0 Å². The first-order valence-electron chi connectivity index (χ1n) is 10.9. The molecular weight excluding hydrogens is 368 g/mol. The lowest BCUT2D eigenvalue weighted by Crippen LogP contribution is -2.52. The Hall–Kier alpha value is -1.92. The van der Waals surface area contributed by atoms with Crippen molar-refractivity contribution in [3.05, 3.63) is 35.9 Å². The molecule has 3 fully saturated rings. The fourth-order valence-corrected chi connectivity index (χ4v) is 5.47. The van der Waals surface area contributed by atoms with E-state index in [0.717, 1.165) is 44.3 Å². The number of benzene rings is 1. The number of likely N-dealkylation sites (tertiary alicyclic amines) is 1. The summed E-state index contributed by atoms with van der Waals surface area (Å²) < 4.78 is 10.5. The predicted octanol–water partition coefficient (Wildman–Crippen LogP) is 2.37. The molecular formula is C23H32N2O4. The average molecular weight is 401 g/mol. The second-order valence-corrected chi connectivity index (χ2v) is 8.77. The maximum Gasteiger partial charge on any atom is 0.319 e. The number of nitrogens with zero attached hydrogens (tertiary/aromatic N) is 1. The lowest BCUT2D eigenvalue weighted by atomic mass is 9.83. The molecule has 6 nitrogen and oxygen atoms in total. The minimum absolute atomic E-state index is 0.0226. The maximum atomic E-state index is 12.9. The van der Waals surface area contributed by atoms with Crippen molar-refractivity contribution in [2.75, 3.05) is 26.7 Å². The summed E-state index contributed by atoms with van der Waals surface area (Å²) in [5.41, 5.74) is 1.03. The molecule has 0 spiro atoms. The first kappa shape index (κ1) is 20.4. The van der Waals surface area contributed by atoms with Crippen LogP contribution < -0.4 is 5.32 Å². The average Bonchev–Trinajstić information content (AvgIpc) is 3.36. The molecule has 158 valence electrons. The van der Waals surface area contributed by atoms with Crippen LogP contribution in [0.5, 0.6) is 0 Å². The molecule has 29 heavy (non-hydrogen) atoms. The lowest BCUT2D eigenvalue weighted by Gasteiger charge is -2.37. The van der Waals surface area contributed by atoms with Crippen molar-refractivity contribution in [2.24, 2.45) is 17.8 Å². The first-order chi connectivity index (χ1) is 14.1. The molecule has 2 bridgehead atoms. The van der Waals surface area contributed by atoms with Crippen molar-refractivity contribution in [3.8, 4) is 0 Å². The van der Waals surface area contributed by atoms with E-state index in [1.165, 1.54) is 13.5 Å². The van der Waals surface area contributed by atoms with Gasteiger partial charge in [-0.15, -0.1) is 0 Å². The Balaban J connectivity index is 1.30. The van der Waals surface area contributed by atoms with E-state index in [-0.39, 0.29) is 23.9 Å². The Labute approximate surface area is 172 Å². The molecule has 1 aliphatic heterocycles. The minimum atomic E-state index is -0.175. The molecule has 1 aromatic rings. The van der Waals surface area contributed by atoms with E-state index in [1.54, 1.807) is 0 Å². The monoisotopic (exact) mass is 400 g/mol. The number of esters is 2. The number of fused-ring (bicyclic) bond motifs is 2. The standard InChI is InChI=1S/C23H32N2O4/c1-28-20(26)14-25-11-9-19(10-12-25)24-22-18-8-7-17(13-18)21(22)23(27)29-15-16-5-3-2-4-6-16/h2-6,17-19,21-22,24H,7-15H2,1H3/t17-,18-,21-,22-/m0/s1. The largest absolute Gasteiger partial charge is 0.468 e. The normalized spacial score (nSPS) is 29.7. The number of carbonyl (C=O) groups is 2. The number of hydrogen-bond acceptors (Lipinski definition) is 6. The molecule has 2 saturated carbocycles. The van der Waals surface area contributed by atoms with Gasteiger partial charge < -0.3 is 14.8 Å². The van der Waals surface area contributed by atoms with E-state index >= 15 is 0 Å². The topological polar surface area (TPSA) is 67.9 Å². The summed E-state index contributed by atoms with van der Waals surface area (Å²) in [6.45, 7) is 2.49. The van der Waals surface area contributed by atoms with Crippen LogP contribution in [0.1, 0.15) is 37.7 Å². The number of carbonyl (C=O) groups excluding carboxylic acids is 2. The van der Waals surface area contributed by atoms with E-state index in [0.29, 0.717) is 31.0 Å². The molecule has 0 radical (unpaired) electrons. The van der Waals surface area contributed by atoms with Gasteiger partial charge in [-0.1, -0.05) is 30.3 Å². The van der Waals surface area contributed by atoms with Crippen LogP contribution in [0, 0.1) is 17.8 Å². The summed E-state index contributed by atoms with van der Waals surface area (Å²) in [7, 11) is 1.43. The van der Waals surface area contributed by atoms with Gasteiger partial charge in [0.05, 0.1) is 19.6 Å². The summed E-state index contributed by atoms with van der Waals surface area (Å²) in [5, 5.41) is 3.82. The third-order valence-corrected chi connectivity index (χ3v) is 7.01. The Morgan fingerprint density at radius 2 is 1.79 bits per heavy atom. The molecule has 6 heteroatoms. The summed E-state index contributed by atoms with van der Waals surface area (Å²) in [5.74, 6) is 0.806. The predicted molar refractivity (Wildman–Crippen MR) is 109 cm³/mol. The Morgan fingerprint density at radius 3 is 2.52 bits per heavy atom. The van der Waals surface area contributed by atoms with Crippen LogP contribution in [-0.4, -0.2) is 55.7 Å². The molecule has 1 saturated heterocycles. The second-order valence-electron chi connectivity index (χ2n) is 8.77. The van der Waals surface area contributed by atoms with Gasteiger partial charge in [0.2, 0.25) is 0 Å². The number of ether oxygens (including phenoxy) is 2.